The Bertz CT molecular complexity index is 830. The number of hydrogen-bond acceptors (Lipinski definition) is 1. The fourth-order valence-corrected chi connectivity index (χ4v) is 2.88. The Balaban J connectivity index is 2.36. The van der Waals surface area contributed by atoms with Crippen LogP contribution in [0.2, 0.25) is 5.02 Å². The first kappa shape index (κ1) is 12.5. The summed E-state index contributed by atoms with van der Waals surface area (Å²) in [5.74, 6) is 0. The molecule has 0 saturated carbocycles. The summed E-state index contributed by atoms with van der Waals surface area (Å²) in [6.45, 7) is 4.08. The minimum atomic E-state index is 0.659. The van der Waals surface area contributed by atoms with E-state index < -0.39 is 0 Å². The van der Waals surface area contributed by atoms with Crippen LogP contribution in [0.4, 0.5) is 0 Å². The van der Waals surface area contributed by atoms with Gasteiger partial charge in [-0.2, -0.15) is 0 Å². The smallest absolute Gasteiger partial charge is 0.182 e. The third-order valence-electron chi connectivity index (χ3n) is 3.18. The molecule has 0 saturated heterocycles. The first-order valence-corrected chi connectivity index (χ1v) is 6.83. The summed E-state index contributed by atoms with van der Waals surface area (Å²) >= 11 is 11.8. The van der Waals surface area contributed by atoms with Gasteiger partial charge >= 0.3 is 0 Å². The van der Waals surface area contributed by atoms with Gasteiger partial charge in [0.2, 0.25) is 0 Å². The summed E-state index contributed by atoms with van der Waals surface area (Å²) in [7, 11) is 0. The van der Waals surface area contributed by atoms with Gasteiger partial charge in [0.15, 0.2) is 4.77 Å². The largest absolute Gasteiger partial charge is 0.330 e. The van der Waals surface area contributed by atoms with Gasteiger partial charge in [0.05, 0.1) is 21.7 Å². The van der Waals surface area contributed by atoms with Crippen molar-refractivity contribution in [2.45, 2.75) is 13.8 Å². The maximum absolute atomic E-state index is 6.34. The number of halogens is 1. The number of aromatic amines is 1. The summed E-state index contributed by atoms with van der Waals surface area (Å²) in [6, 6.07) is 12.2. The van der Waals surface area contributed by atoms with Gasteiger partial charge in [-0.3, -0.25) is 4.57 Å². The van der Waals surface area contributed by atoms with Crippen molar-refractivity contribution in [2.24, 2.45) is 0 Å². The van der Waals surface area contributed by atoms with E-state index in [2.05, 4.69) is 30.1 Å². The predicted molar refractivity (Wildman–Crippen MR) is 82.9 cm³/mol. The van der Waals surface area contributed by atoms with Gasteiger partial charge in [-0.15, -0.1) is 0 Å². The highest BCUT2D eigenvalue weighted by atomic mass is 35.5. The maximum atomic E-state index is 6.34. The molecule has 0 radical (unpaired) electrons. The van der Waals surface area contributed by atoms with Crippen molar-refractivity contribution in [3.63, 3.8) is 0 Å². The van der Waals surface area contributed by atoms with Crippen LogP contribution in [0, 0.1) is 18.6 Å². The van der Waals surface area contributed by atoms with Crippen LogP contribution in [0.3, 0.4) is 0 Å². The fourth-order valence-electron chi connectivity index (χ4n) is 2.26. The van der Waals surface area contributed by atoms with E-state index in [1.165, 1.54) is 5.56 Å². The molecule has 0 aliphatic heterocycles. The van der Waals surface area contributed by atoms with Crippen LogP contribution in [0.5, 0.6) is 0 Å². The monoisotopic (exact) mass is 288 g/mol. The van der Waals surface area contributed by atoms with Crippen LogP contribution in [0.25, 0.3) is 16.7 Å². The number of nitrogens with one attached hydrogen (secondary N) is 1. The van der Waals surface area contributed by atoms with Crippen molar-refractivity contribution in [3.8, 4) is 5.69 Å². The third kappa shape index (κ3) is 2.09. The fraction of sp³-hybridized carbons (Fsp3) is 0.133. The molecule has 0 atom stereocenters. The van der Waals surface area contributed by atoms with Crippen molar-refractivity contribution in [1.29, 1.82) is 0 Å². The Kier molecular flexibility index (Phi) is 2.96. The zero-order chi connectivity index (χ0) is 13.6. The predicted octanol–water partition coefficient (Wildman–Crippen LogP) is 4.96. The molecule has 19 heavy (non-hydrogen) atoms. The molecule has 3 rings (SSSR count). The van der Waals surface area contributed by atoms with E-state index in [1.54, 1.807) is 0 Å². The molecule has 3 aromatic rings. The first-order valence-electron chi connectivity index (χ1n) is 6.04. The average molecular weight is 289 g/mol. The Morgan fingerprint density at radius 2 is 1.74 bits per heavy atom. The summed E-state index contributed by atoms with van der Waals surface area (Å²) in [5, 5.41) is 0.706. The second-order valence-electron chi connectivity index (χ2n) is 4.74. The Morgan fingerprint density at radius 3 is 2.47 bits per heavy atom. The van der Waals surface area contributed by atoms with E-state index >= 15 is 0 Å². The van der Waals surface area contributed by atoms with Gasteiger partial charge in [-0.25, -0.2) is 0 Å². The number of rotatable bonds is 1. The van der Waals surface area contributed by atoms with Crippen LogP contribution in [-0.2, 0) is 0 Å². The zero-order valence-electron chi connectivity index (χ0n) is 10.7. The summed E-state index contributed by atoms with van der Waals surface area (Å²) in [4.78, 5) is 3.23. The average Bonchev–Trinajstić information content (AvgIpc) is 2.65. The van der Waals surface area contributed by atoms with E-state index in [1.807, 2.05) is 29.7 Å². The van der Waals surface area contributed by atoms with Gasteiger partial charge in [-0.05, 0) is 61.5 Å². The topological polar surface area (TPSA) is 20.7 Å². The van der Waals surface area contributed by atoms with E-state index in [4.69, 9.17) is 23.8 Å². The van der Waals surface area contributed by atoms with Gasteiger partial charge < -0.3 is 4.98 Å². The summed E-state index contributed by atoms with van der Waals surface area (Å²) in [5.41, 5.74) is 5.32. The van der Waals surface area contributed by atoms with Crippen molar-refractivity contribution < 1.29 is 0 Å². The van der Waals surface area contributed by atoms with Gasteiger partial charge in [-0.1, -0.05) is 23.7 Å². The van der Waals surface area contributed by atoms with Crippen molar-refractivity contribution in [3.05, 3.63) is 57.3 Å². The molecule has 4 heteroatoms. The molecular weight excluding hydrogens is 276 g/mol. The van der Waals surface area contributed by atoms with Crippen molar-refractivity contribution in [2.75, 3.05) is 0 Å². The number of aryl methyl sites for hydroxylation is 2. The molecule has 96 valence electrons. The second-order valence-corrected chi connectivity index (χ2v) is 5.53. The number of H-pyrrole nitrogens is 1. The zero-order valence-corrected chi connectivity index (χ0v) is 12.3. The number of nitrogens with zero attached hydrogens (tertiary/aromatic N) is 1. The molecule has 0 aliphatic rings. The highest BCUT2D eigenvalue weighted by Gasteiger charge is 2.09. The minimum absolute atomic E-state index is 0.659. The number of benzene rings is 2. The van der Waals surface area contributed by atoms with Crippen molar-refractivity contribution in [1.82, 2.24) is 9.55 Å². The molecule has 1 N–H and O–H groups in total. The molecule has 0 bridgehead atoms. The normalized spacial score (nSPS) is 11.1. The Morgan fingerprint density at radius 1 is 1.05 bits per heavy atom. The first-order chi connectivity index (χ1) is 9.06. The lowest BCUT2D eigenvalue weighted by Gasteiger charge is -2.08. The van der Waals surface area contributed by atoms with Gasteiger partial charge in [0.25, 0.3) is 0 Å². The quantitative estimate of drug-likeness (QED) is 0.628. The number of aromatic nitrogens is 2. The lowest BCUT2D eigenvalue weighted by atomic mass is 10.2. The van der Waals surface area contributed by atoms with E-state index in [9.17, 15) is 0 Å². The second kappa shape index (κ2) is 4.51. The highest BCUT2D eigenvalue weighted by Crippen LogP contribution is 2.26. The van der Waals surface area contributed by atoms with Crippen molar-refractivity contribution >= 4 is 34.9 Å². The van der Waals surface area contributed by atoms with Gasteiger partial charge in [0.1, 0.15) is 0 Å². The third-order valence-corrected chi connectivity index (χ3v) is 3.77. The molecule has 2 aromatic carbocycles. The molecule has 0 fully saturated rings. The highest BCUT2D eigenvalue weighted by molar-refractivity contribution is 7.71. The SMILES string of the molecule is Cc1ccc(-n2c(=S)[nH]c3cc(C)ccc32)c(Cl)c1. The van der Waals surface area contributed by atoms with E-state index in [0.717, 1.165) is 22.3 Å². The Hall–Kier alpha value is -1.58. The molecule has 1 heterocycles. The number of imidazole rings is 1. The number of fused-ring (bicyclic) bond motifs is 1. The minimum Gasteiger partial charge on any atom is -0.330 e. The van der Waals surface area contributed by atoms with E-state index in [-0.39, 0.29) is 0 Å². The van der Waals surface area contributed by atoms with Crippen LogP contribution >= 0.6 is 23.8 Å². The molecule has 2 nitrogen and oxygen atoms in total. The molecular formula is C15H13ClN2S. The van der Waals surface area contributed by atoms with Crippen LogP contribution in [0.15, 0.2) is 36.4 Å². The summed E-state index contributed by atoms with van der Waals surface area (Å²) in [6.07, 6.45) is 0. The Labute approximate surface area is 121 Å². The number of hydrogen-bond donors (Lipinski definition) is 1. The van der Waals surface area contributed by atoms with Crippen LogP contribution in [-0.4, -0.2) is 9.55 Å². The standard InChI is InChI=1S/C15H13ClN2S/c1-9-3-5-13(11(16)7-9)18-14-6-4-10(2)8-12(14)17-15(18)19/h3-8H,1-2H3,(H,17,19). The molecule has 0 unspecified atom stereocenters. The maximum Gasteiger partial charge on any atom is 0.182 e. The van der Waals surface area contributed by atoms with Crippen LogP contribution in [0.1, 0.15) is 11.1 Å². The summed E-state index contributed by atoms with van der Waals surface area (Å²) < 4.78 is 2.64. The lowest BCUT2D eigenvalue weighted by Crippen LogP contribution is -1.95. The van der Waals surface area contributed by atoms with Crippen LogP contribution < -0.4 is 0 Å². The molecule has 0 spiro atoms. The molecule has 1 aromatic heterocycles. The molecule has 0 amide bonds. The lowest BCUT2D eigenvalue weighted by molar-refractivity contribution is 1.06. The van der Waals surface area contributed by atoms with E-state index in [0.29, 0.717) is 9.79 Å². The molecule has 0 aliphatic carbocycles. The van der Waals surface area contributed by atoms with Gasteiger partial charge in [0, 0.05) is 0 Å².